The van der Waals surface area contributed by atoms with E-state index in [-0.39, 0.29) is 68.8 Å². The molecule has 0 spiro atoms. The Morgan fingerprint density at radius 3 is 0.976 bits per heavy atom. The first-order valence-corrected chi connectivity index (χ1v) is 30.3. The molecule has 0 atom stereocenters. The van der Waals surface area contributed by atoms with Gasteiger partial charge < -0.3 is 0 Å². The van der Waals surface area contributed by atoms with E-state index >= 15 is 0 Å². The molecular weight excluding hydrogens is 1360 g/mol. The number of nitrogens with zero attached hydrogens (tertiary/aromatic N) is 18. The van der Waals surface area contributed by atoms with Gasteiger partial charge in [0.1, 0.15) is 9.33 Å². The predicted octanol–water partition coefficient (Wildman–Crippen LogP) is 6.02. The van der Waals surface area contributed by atoms with Gasteiger partial charge in [-0.25, -0.2) is 30.2 Å². The smallest absolute Gasteiger partial charge is 0.248 e. The number of benzene rings is 6. The average Bonchev–Trinajstić information content (AvgIpc) is 4.55. The number of fused-ring (bicyclic) bond motifs is 15. The van der Waals surface area contributed by atoms with E-state index in [2.05, 4.69) is 59.0 Å². The van der Waals surface area contributed by atoms with Gasteiger partial charge in [0.2, 0.25) is 0 Å². The van der Waals surface area contributed by atoms with Crippen molar-refractivity contribution in [3.8, 4) is 36.4 Å². The first kappa shape index (κ1) is 54.8. The Balaban J connectivity index is 0.000000138. The first-order valence-electron chi connectivity index (χ1n) is 21.8. The molecule has 0 unspecified atom stereocenters. The molecule has 0 aliphatic heterocycles. The van der Waals surface area contributed by atoms with Crippen molar-refractivity contribution in [2.45, 2.75) is 0 Å². The van der Waals surface area contributed by atoms with Gasteiger partial charge in [0.05, 0.1) is 45.7 Å². The minimum atomic E-state index is -1.47. The molecule has 0 saturated heterocycles. The normalized spacial score (nSPS) is 12.9. The van der Waals surface area contributed by atoms with E-state index in [1.807, 2.05) is 72.8 Å². The fraction of sp³-hybridized carbons (Fsp3) is 0. The maximum Gasteiger partial charge on any atom is 0.296 e. The number of rotatable bonds is 0. The minimum absolute atomic E-state index is 0.0224. The van der Waals surface area contributed by atoms with Crippen molar-refractivity contribution in [1.82, 2.24) is 29.9 Å². The van der Waals surface area contributed by atoms with Crippen molar-refractivity contribution < 1.29 is 17.6 Å². The summed E-state index contributed by atoms with van der Waals surface area (Å²) < 4.78 is 64.8. The van der Waals surface area contributed by atoms with E-state index in [9.17, 15) is 17.6 Å². The molecular formula is C54H8F4N18S2Se4. The van der Waals surface area contributed by atoms with Gasteiger partial charge in [-0.1, -0.05) is 12.1 Å². The number of hydrogen-bond donors (Lipinski definition) is 0. The average molecular weight is 1360 g/mol. The SMILES string of the molecule is [C-]#[N+]/C(C#N)=c1/nc2c(F)c(F)c3c4[se]/c(=C(\C#N)[N+]#[C-])nc4c(F)c(F)c3c2[se]1.[C-]#[N+]/C(C#N)=c1/nc2ccc3c(ccc4n/c(=C(/C#N)[N+]#[C-])[se]c43)c2[se]1.[C-]#[N+]/C(C#N)=c1/nc2ccc3c(ccc4n/c(=C(/C#N)[N+]#[C-])sc43)c2s1. The molecule has 0 N–H and O–H groups in total. The summed E-state index contributed by atoms with van der Waals surface area (Å²) in [5, 5.41) is 57.3. The van der Waals surface area contributed by atoms with Crippen molar-refractivity contribution in [1.29, 1.82) is 31.6 Å². The molecule has 0 amide bonds. The standard InChI is InChI=1S/C18F4N6Se2.C18H4N6S2.C18H4N6Se2/c1-25-5(3-23)17-27-13-11(21)10(20)8-7(15(13)29-17)9(19)12(22)14-16(8)30-18(28-14)6(4-24)26-2;2*1-21-13(7-19)17-23-11-5-3-10-9(15(11)25-17)4-6-12-16(10)26-18(24-12)14(8-20)22-2/h;2*3-6H/b17-5-,18-6+;2*17-13-,18-14+. The molecule has 6 aromatic heterocycles. The van der Waals surface area contributed by atoms with E-state index < -0.39 is 85.5 Å². The van der Waals surface area contributed by atoms with Crippen molar-refractivity contribution in [3.63, 3.8) is 0 Å². The van der Waals surface area contributed by atoms with Crippen LogP contribution in [0, 0.1) is 131 Å². The Morgan fingerprint density at radius 2 is 0.659 bits per heavy atom. The molecule has 0 saturated carbocycles. The van der Waals surface area contributed by atoms with Crippen LogP contribution in [0.1, 0.15) is 0 Å². The molecule has 12 aromatic rings. The molecule has 0 aliphatic rings. The summed E-state index contributed by atoms with van der Waals surface area (Å²) in [6.45, 7) is 42.4. The molecule has 12 rings (SSSR count). The largest absolute Gasteiger partial charge is 0.296 e. The Morgan fingerprint density at radius 1 is 0.366 bits per heavy atom. The zero-order valence-electron chi connectivity index (χ0n) is 39.6. The third kappa shape index (κ3) is 9.07. The van der Waals surface area contributed by atoms with E-state index in [1.165, 1.54) is 22.7 Å². The second-order valence-corrected chi connectivity index (χ2v) is 26.1. The van der Waals surface area contributed by atoms with Crippen LogP contribution in [0.2, 0.25) is 0 Å². The molecule has 6 aromatic carbocycles. The van der Waals surface area contributed by atoms with Crippen LogP contribution in [0.25, 0.3) is 155 Å². The molecule has 6 heterocycles. The van der Waals surface area contributed by atoms with Gasteiger partial charge >= 0.3 is 334 Å². The Kier molecular flexibility index (Phi) is 14.9. The van der Waals surface area contributed by atoms with Gasteiger partial charge in [0, 0.05) is 10.8 Å². The summed E-state index contributed by atoms with van der Waals surface area (Å²) >= 11 is 0.124. The molecule has 0 fully saturated rings. The van der Waals surface area contributed by atoms with Crippen molar-refractivity contribution in [3.05, 3.63) is 167 Å². The number of thiazole rings is 2. The third-order valence-corrected chi connectivity index (χ3v) is 22.9. The monoisotopic (exact) mass is 1370 g/mol. The molecule has 0 bridgehead atoms. The summed E-state index contributed by atoms with van der Waals surface area (Å²) in [6, 6.07) is 26.1. The fourth-order valence-electron chi connectivity index (χ4n) is 8.03. The first-order chi connectivity index (χ1) is 39.8. The maximum atomic E-state index is 15.0. The van der Waals surface area contributed by atoms with Gasteiger partial charge in [-0.15, -0.1) is 22.7 Å². The maximum absolute atomic E-state index is 15.0. The van der Waals surface area contributed by atoms with E-state index in [1.54, 1.807) is 12.1 Å². The number of halogens is 4. The number of hydrogen-bond acceptors (Lipinski definition) is 14. The van der Waals surface area contributed by atoms with E-state index in [4.69, 9.17) is 71.0 Å². The quantitative estimate of drug-likeness (QED) is 0.0961. The number of aromatic nitrogens is 6. The molecule has 18 nitrogen and oxygen atoms in total. The van der Waals surface area contributed by atoms with Gasteiger partial charge in [-0.2, -0.15) is 0 Å². The summed E-state index contributed by atoms with van der Waals surface area (Å²) in [6.07, 6.45) is 0. The van der Waals surface area contributed by atoms with Crippen LogP contribution in [0.4, 0.5) is 17.6 Å². The minimum Gasteiger partial charge on any atom is -0.248 e. The summed E-state index contributed by atoms with van der Waals surface area (Å²) in [5.41, 5.74) is 1.10. The third-order valence-electron chi connectivity index (χ3n) is 11.5. The summed E-state index contributed by atoms with van der Waals surface area (Å²) in [7, 11) is 0. The predicted molar refractivity (Wildman–Crippen MR) is 298 cm³/mol. The zero-order valence-corrected chi connectivity index (χ0v) is 48.1. The fourth-order valence-corrected chi connectivity index (χ4v) is 18.8. The van der Waals surface area contributed by atoms with Gasteiger partial charge in [-0.3, -0.25) is 0 Å². The van der Waals surface area contributed by atoms with Crippen LogP contribution >= 0.6 is 22.7 Å². The van der Waals surface area contributed by atoms with E-state index in [0.29, 0.717) is 17.8 Å². The van der Waals surface area contributed by atoms with Crippen LogP contribution < -0.4 is 26.2 Å². The van der Waals surface area contributed by atoms with Crippen LogP contribution in [-0.2, 0) is 0 Å². The summed E-state index contributed by atoms with van der Waals surface area (Å²) in [5.74, 6) is -5.77. The topological polar surface area (TPSA) is 246 Å². The van der Waals surface area contributed by atoms with Crippen LogP contribution in [0.15, 0.2) is 48.5 Å². The molecule has 378 valence electrons. The zero-order chi connectivity index (χ0) is 58.3. The van der Waals surface area contributed by atoms with Crippen LogP contribution in [-0.4, -0.2) is 87.9 Å². The van der Waals surface area contributed by atoms with Gasteiger partial charge in [0.15, 0.2) is 0 Å². The van der Waals surface area contributed by atoms with Gasteiger partial charge in [-0.05, 0) is 12.1 Å². The van der Waals surface area contributed by atoms with Crippen molar-refractivity contribution in [2.75, 3.05) is 0 Å². The number of nitriles is 6. The van der Waals surface area contributed by atoms with Crippen LogP contribution in [0.5, 0.6) is 0 Å². The molecule has 28 heteroatoms. The van der Waals surface area contributed by atoms with E-state index in [0.717, 1.165) is 61.5 Å². The summed E-state index contributed by atoms with van der Waals surface area (Å²) in [4.78, 5) is 44.3. The second kappa shape index (κ2) is 22.3. The Bertz CT molecular complexity index is 5270. The molecule has 0 radical (unpaired) electrons. The van der Waals surface area contributed by atoms with Crippen molar-refractivity contribution >= 4 is 207 Å². The molecule has 82 heavy (non-hydrogen) atoms. The van der Waals surface area contributed by atoms with Crippen LogP contribution in [0.3, 0.4) is 0 Å². The second-order valence-electron chi connectivity index (χ2n) is 15.8. The Hall–Kier alpha value is -10.5. The molecule has 0 aliphatic carbocycles. The van der Waals surface area contributed by atoms with Crippen molar-refractivity contribution in [2.24, 2.45) is 0 Å². The Labute approximate surface area is 484 Å². The van der Waals surface area contributed by atoms with Gasteiger partial charge in [0.25, 0.3) is 11.4 Å².